The van der Waals surface area contributed by atoms with Crippen LogP contribution < -0.4 is 5.32 Å². The van der Waals surface area contributed by atoms with Crippen LogP contribution in [0.1, 0.15) is 55.2 Å². The molecule has 1 amide bonds. The number of hydrogen-bond donors (Lipinski definition) is 1. The molecule has 1 N–H and O–H groups in total. The highest BCUT2D eigenvalue weighted by molar-refractivity contribution is 6.30. The molecule has 2 aromatic carbocycles. The van der Waals surface area contributed by atoms with Crippen LogP contribution in [-0.4, -0.2) is 5.91 Å². The van der Waals surface area contributed by atoms with E-state index in [2.05, 4.69) is 50.4 Å². The fourth-order valence-electron chi connectivity index (χ4n) is 2.24. The van der Waals surface area contributed by atoms with Crippen molar-refractivity contribution in [2.24, 2.45) is 0 Å². The van der Waals surface area contributed by atoms with Crippen LogP contribution in [0.5, 0.6) is 0 Å². The lowest BCUT2D eigenvalue weighted by molar-refractivity contribution is 0.0940. The SMILES string of the molecule is C[C@@H](NC(=O)c1ccc(Cl)cc1)c1ccc(C(C)(C)C)cc1. The number of carbonyl (C=O) groups is 1. The summed E-state index contributed by atoms with van der Waals surface area (Å²) < 4.78 is 0. The second-order valence-corrected chi connectivity index (χ2v) is 7.01. The summed E-state index contributed by atoms with van der Waals surface area (Å²) in [5.74, 6) is -0.0935. The fraction of sp³-hybridized carbons (Fsp3) is 0.316. The van der Waals surface area contributed by atoms with E-state index < -0.39 is 0 Å². The maximum Gasteiger partial charge on any atom is 0.251 e. The van der Waals surface area contributed by atoms with Gasteiger partial charge in [0, 0.05) is 10.6 Å². The first-order valence-corrected chi connectivity index (χ1v) is 7.82. The average molecular weight is 316 g/mol. The van der Waals surface area contributed by atoms with Crippen LogP contribution in [0, 0.1) is 0 Å². The molecule has 0 saturated carbocycles. The van der Waals surface area contributed by atoms with E-state index >= 15 is 0 Å². The molecular formula is C19H22ClNO. The van der Waals surface area contributed by atoms with Gasteiger partial charge in [0.2, 0.25) is 0 Å². The molecule has 0 spiro atoms. The van der Waals surface area contributed by atoms with Gasteiger partial charge in [-0.3, -0.25) is 4.79 Å². The number of hydrogen-bond acceptors (Lipinski definition) is 1. The molecule has 2 nitrogen and oxygen atoms in total. The first-order valence-electron chi connectivity index (χ1n) is 7.44. The average Bonchev–Trinajstić information content (AvgIpc) is 2.47. The summed E-state index contributed by atoms with van der Waals surface area (Å²) in [6, 6.07) is 15.3. The van der Waals surface area contributed by atoms with Crippen LogP contribution in [0.25, 0.3) is 0 Å². The Balaban J connectivity index is 2.07. The number of amides is 1. The topological polar surface area (TPSA) is 29.1 Å². The molecule has 0 aliphatic heterocycles. The van der Waals surface area contributed by atoms with E-state index in [4.69, 9.17) is 11.6 Å². The van der Waals surface area contributed by atoms with E-state index in [9.17, 15) is 4.79 Å². The summed E-state index contributed by atoms with van der Waals surface area (Å²) in [5.41, 5.74) is 3.12. The lowest BCUT2D eigenvalue weighted by Gasteiger charge is -2.20. The molecule has 22 heavy (non-hydrogen) atoms. The Morgan fingerprint density at radius 3 is 2.05 bits per heavy atom. The van der Waals surface area contributed by atoms with Crippen LogP contribution >= 0.6 is 11.6 Å². The Labute approximate surface area is 137 Å². The second-order valence-electron chi connectivity index (χ2n) is 6.57. The Bertz CT molecular complexity index is 639. The monoisotopic (exact) mass is 315 g/mol. The van der Waals surface area contributed by atoms with E-state index in [-0.39, 0.29) is 17.4 Å². The van der Waals surface area contributed by atoms with Gasteiger partial charge in [-0.25, -0.2) is 0 Å². The molecule has 0 fully saturated rings. The van der Waals surface area contributed by atoms with Gasteiger partial charge in [0.1, 0.15) is 0 Å². The van der Waals surface area contributed by atoms with Gasteiger partial charge in [-0.05, 0) is 47.7 Å². The molecule has 2 rings (SSSR count). The molecule has 0 radical (unpaired) electrons. The molecule has 0 aliphatic carbocycles. The Morgan fingerprint density at radius 1 is 1.00 bits per heavy atom. The summed E-state index contributed by atoms with van der Waals surface area (Å²) >= 11 is 5.84. The molecule has 0 unspecified atom stereocenters. The van der Waals surface area contributed by atoms with Crippen LogP contribution in [0.3, 0.4) is 0 Å². The first-order chi connectivity index (χ1) is 10.3. The van der Waals surface area contributed by atoms with Crippen molar-refractivity contribution in [2.75, 3.05) is 0 Å². The quantitative estimate of drug-likeness (QED) is 0.836. The van der Waals surface area contributed by atoms with Crippen LogP contribution in [0.2, 0.25) is 5.02 Å². The summed E-state index contributed by atoms with van der Waals surface area (Å²) in [7, 11) is 0. The van der Waals surface area contributed by atoms with Gasteiger partial charge in [-0.2, -0.15) is 0 Å². The molecule has 0 saturated heterocycles. The zero-order chi connectivity index (χ0) is 16.3. The van der Waals surface area contributed by atoms with Crippen molar-refractivity contribution in [1.29, 1.82) is 0 Å². The number of rotatable bonds is 3. The number of nitrogens with one attached hydrogen (secondary N) is 1. The van der Waals surface area contributed by atoms with Crippen molar-refractivity contribution >= 4 is 17.5 Å². The number of halogens is 1. The zero-order valence-electron chi connectivity index (χ0n) is 13.5. The summed E-state index contributed by atoms with van der Waals surface area (Å²) in [6.07, 6.45) is 0. The van der Waals surface area contributed by atoms with E-state index in [1.807, 2.05) is 6.92 Å². The highest BCUT2D eigenvalue weighted by atomic mass is 35.5. The van der Waals surface area contributed by atoms with Crippen molar-refractivity contribution in [3.8, 4) is 0 Å². The van der Waals surface area contributed by atoms with Gasteiger partial charge in [0.15, 0.2) is 0 Å². The maximum atomic E-state index is 12.2. The third-order valence-electron chi connectivity index (χ3n) is 3.73. The minimum absolute atomic E-state index is 0.0443. The van der Waals surface area contributed by atoms with E-state index in [0.717, 1.165) is 5.56 Å². The van der Waals surface area contributed by atoms with Crippen molar-refractivity contribution in [1.82, 2.24) is 5.32 Å². The molecule has 2 aromatic rings. The Kier molecular flexibility index (Phi) is 4.92. The predicted molar refractivity (Wildman–Crippen MR) is 92.5 cm³/mol. The Hall–Kier alpha value is -1.80. The molecule has 3 heteroatoms. The highest BCUT2D eigenvalue weighted by Gasteiger charge is 2.15. The molecule has 116 valence electrons. The van der Waals surface area contributed by atoms with E-state index in [1.165, 1.54) is 5.56 Å². The van der Waals surface area contributed by atoms with Crippen LogP contribution in [-0.2, 0) is 5.41 Å². The first kappa shape index (κ1) is 16.6. The lowest BCUT2D eigenvalue weighted by Crippen LogP contribution is -2.26. The largest absolute Gasteiger partial charge is 0.346 e. The summed E-state index contributed by atoms with van der Waals surface area (Å²) in [5, 5.41) is 3.64. The van der Waals surface area contributed by atoms with Gasteiger partial charge < -0.3 is 5.32 Å². The minimum Gasteiger partial charge on any atom is -0.346 e. The van der Waals surface area contributed by atoms with Crippen molar-refractivity contribution in [2.45, 2.75) is 39.2 Å². The molecule has 0 aromatic heterocycles. The second kappa shape index (κ2) is 6.53. The molecule has 0 bridgehead atoms. The summed E-state index contributed by atoms with van der Waals surface area (Å²) in [4.78, 5) is 12.2. The van der Waals surface area contributed by atoms with Crippen LogP contribution in [0.15, 0.2) is 48.5 Å². The van der Waals surface area contributed by atoms with Crippen LogP contribution in [0.4, 0.5) is 0 Å². The predicted octanol–water partition coefficient (Wildman–Crippen LogP) is 5.13. The zero-order valence-corrected chi connectivity index (χ0v) is 14.2. The van der Waals surface area contributed by atoms with E-state index in [0.29, 0.717) is 10.6 Å². The normalized spacial score (nSPS) is 12.8. The third-order valence-corrected chi connectivity index (χ3v) is 3.98. The van der Waals surface area contributed by atoms with E-state index in [1.54, 1.807) is 24.3 Å². The number of benzene rings is 2. The standard InChI is InChI=1S/C19H22ClNO/c1-13(14-5-9-16(10-6-14)19(2,3)4)21-18(22)15-7-11-17(20)12-8-15/h5-13H,1-4H3,(H,21,22)/t13-/m1/s1. The van der Waals surface area contributed by atoms with Crippen molar-refractivity contribution in [3.05, 3.63) is 70.2 Å². The van der Waals surface area contributed by atoms with Gasteiger partial charge in [0.05, 0.1) is 6.04 Å². The smallest absolute Gasteiger partial charge is 0.251 e. The van der Waals surface area contributed by atoms with Gasteiger partial charge in [-0.15, -0.1) is 0 Å². The molecule has 0 aliphatic rings. The maximum absolute atomic E-state index is 12.2. The molecule has 1 atom stereocenters. The van der Waals surface area contributed by atoms with Gasteiger partial charge in [-0.1, -0.05) is 56.6 Å². The van der Waals surface area contributed by atoms with Crippen molar-refractivity contribution in [3.63, 3.8) is 0 Å². The number of carbonyl (C=O) groups excluding carboxylic acids is 1. The van der Waals surface area contributed by atoms with Crippen molar-refractivity contribution < 1.29 is 4.79 Å². The molecular weight excluding hydrogens is 294 g/mol. The minimum atomic E-state index is -0.0935. The highest BCUT2D eigenvalue weighted by Crippen LogP contribution is 2.24. The lowest BCUT2D eigenvalue weighted by atomic mass is 9.86. The van der Waals surface area contributed by atoms with Gasteiger partial charge in [0.25, 0.3) is 5.91 Å². The van der Waals surface area contributed by atoms with Gasteiger partial charge >= 0.3 is 0 Å². The summed E-state index contributed by atoms with van der Waals surface area (Å²) in [6.45, 7) is 8.55. The Morgan fingerprint density at radius 2 is 1.55 bits per heavy atom. The fourth-order valence-corrected chi connectivity index (χ4v) is 2.36. The third kappa shape index (κ3) is 4.11. The molecule has 0 heterocycles.